The van der Waals surface area contributed by atoms with Crippen LogP contribution in [0.25, 0.3) is 0 Å². The molecule has 2 rings (SSSR count). The van der Waals surface area contributed by atoms with Gasteiger partial charge in [-0.15, -0.1) is 0 Å². The Hall–Kier alpha value is -0.420. The summed E-state index contributed by atoms with van der Waals surface area (Å²) in [5.74, 6) is -0.236. The molecular weight excluding hydrogens is 408 g/mol. The van der Waals surface area contributed by atoms with Crippen LogP contribution in [0.3, 0.4) is 0 Å². The zero-order valence-electron chi connectivity index (χ0n) is 10.8. The Morgan fingerprint density at radius 2 is 2.00 bits per heavy atom. The number of halogens is 4. The topological polar surface area (TPSA) is 12.0 Å². The zero-order valence-corrected chi connectivity index (χ0v) is 14.7. The Morgan fingerprint density at radius 3 is 2.65 bits per heavy atom. The minimum absolute atomic E-state index is 0.133. The standard InChI is InChI=1S/C15H13Br2ClFN/c1-20-14(11-3-2-4-12(17)15(11)19)7-9-5-6-10(16)8-13(9)18/h2-6,8,14,20H,7H2,1H3. The molecule has 0 aliphatic heterocycles. The first-order valence-corrected chi connectivity index (χ1v) is 8.04. The summed E-state index contributed by atoms with van der Waals surface area (Å²) >= 11 is 12.8. The van der Waals surface area contributed by atoms with E-state index in [2.05, 4.69) is 37.2 Å². The molecule has 1 unspecified atom stereocenters. The van der Waals surface area contributed by atoms with E-state index in [1.165, 1.54) is 0 Å². The van der Waals surface area contributed by atoms with Crippen molar-refractivity contribution in [2.24, 2.45) is 0 Å². The largest absolute Gasteiger partial charge is 0.313 e. The molecule has 0 spiro atoms. The van der Waals surface area contributed by atoms with Gasteiger partial charge < -0.3 is 5.32 Å². The van der Waals surface area contributed by atoms with Gasteiger partial charge in [-0.1, -0.05) is 45.7 Å². The van der Waals surface area contributed by atoms with Crippen LogP contribution >= 0.6 is 43.5 Å². The first kappa shape index (κ1) is 16.0. The van der Waals surface area contributed by atoms with Crippen molar-refractivity contribution in [2.75, 3.05) is 7.05 Å². The maximum absolute atomic E-state index is 14.2. The Kier molecular flexibility index (Phi) is 5.61. The molecular formula is C15H13Br2ClFN. The second-order valence-electron chi connectivity index (χ2n) is 4.42. The predicted octanol–water partition coefficient (Wildman–Crippen LogP) is 5.51. The molecule has 0 amide bonds. The molecule has 5 heteroatoms. The van der Waals surface area contributed by atoms with Crippen LogP contribution in [0.4, 0.5) is 4.39 Å². The maximum Gasteiger partial charge on any atom is 0.142 e. The third-order valence-corrected chi connectivity index (χ3v) is 4.60. The molecule has 0 saturated carbocycles. The third-order valence-electron chi connectivity index (χ3n) is 3.14. The van der Waals surface area contributed by atoms with Crippen molar-refractivity contribution >= 4 is 43.5 Å². The first-order chi connectivity index (χ1) is 9.52. The van der Waals surface area contributed by atoms with Gasteiger partial charge in [0.2, 0.25) is 0 Å². The fourth-order valence-corrected chi connectivity index (χ4v) is 3.20. The average Bonchev–Trinajstić information content (AvgIpc) is 2.42. The minimum atomic E-state index is -0.236. The van der Waals surface area contributed by atoms with Gasteiger partial charge in [0.1, 0.15) is 5.82 Å². The van der Waals surface area contributed by atoms with Gasteiger partial charge in [-0.2, -0.15) is 0 Å². The lowest BCUT2D eigenvalue weighted by Gasteiger charge is -2.19. The van der Waals surface area contributed by atoms with E-state index in [-0.39, 0.29) is 11.9 Å². The Morgan fingerprint density at radius 1 is 1.25 bits per heavy atom. The zero-order chi connectivity index (χ0) is 14.7. The fraction of sp³-hybridized carbons (Fsp3) is 0.200. The Balaban J connectivity index is 2.31. The van der Waals surface area contributed by atoms with E-state index in [0.29, 0.717) is 21.5 Å². The average molecular weight is 422 g/mol. The molecule has 0 bridgehead atoms. The summed E-state index contributed by atoms with van der Waals surface area (Å²) in [6.07, 6.45) is 0.621. The summed E-state index contributed by atoms with van der Waals surface area (Å²) < 4.78 is 15.6. The summed E-state index contributed by atoms with van der Waals surface area (Å²) in [4.78, 5) is 0. The van der Waals surface area contributed by atoms with Crippen LogP contribution in [0.5, 0.6) is 0 Å². The molecule has 0 aliphatic rings. The maximum atomic E-state index is 14.2. The smallest absolute Gasteiger partial charge is 0.142 e. The molecule has 106 valence electrons. The van der Waals surface area contributed by atoms with E-state index < -0.39 is 0 Å². The van der Waals surface area contributed by atoms with Crippen LogP contribution in [-0.4, -0.2) is 7.05 Å². The normalized spacial score (nSPS) is 12.4. The highest BCUT2D eigenvalue weighted by atomic mass is 79.9. The Bertz CT molecular complexity index is 619. The van der Waals surface area contributed by atoms with Crippen molar-refractivity contribution in [1.82, 2.24) is 5.32 Å². The number of rotatable bonds is 4. The lowest BCUT2D eigenvalue weighted by atomic mass is 9.98. The highest BCUT2D eigenvalue weighted by Gasteiger charge is 2.17. The third kappa shape index (κ3) is 3.61. The van der Waals surface area contributed by atoms with Crippen LogP contribution in [0.2, 0.25) is 5.02 Å². The number of likely N-dealkylation sites (N-methyl/N-ethyl adjacent to an activating group) is 1. The SMILES string of the molecule is CNC(Cc1ccc(Br)cc1Cl)c1cccc(Br)c1F. The summed E-state index contributed by atoms with van der Waals surface area (Å²) in [5.41, 5.74) is 1.61. The molecule has 0 fully saturated rings. The quantitative estimate of drug-likeness (QED) is 0.687. The number of benzene rings is 2. The van der Waals surface area contributed by atoms with Crippen LogP contribution in [-0.2, 0) is 6.42 Å². The van der Waals surface area contributed by atoms with Gasteiger partial charge in [0.05, 0.1) is 4.47 Å². The van der Waals surface area contributed by atoms with Gasteiger partial charge in [-0.3, -0.25) is 0 Å². The lowest BCUT2D eigenvalue weighted by molar-refractivity contribution is 0.531. The summed E-state index contributed by atoms with van der Waals surface area (Å²) in [6.45, 7) is 0. The van der Waals surface area contributed by atoms with Crippen molar-refractivity contribution in [3.63, 3.8) is 0 Å². The van der Waals surface area contributed by atoms with Crippen molar-refractivity contribution in [2.45, 2.75) is 12.5 Å². The molecule has 1 atom stereocenters. The minimum Gasteiger partial charge on any atom is -0.313 e. The summed E-state index contributed by atoms with van der Waals surface area (Å²) in [5, 5.41) is 3.82. The van der Waals surface area contributed by atoms with Gasteiger partial charge in [0.25, 0.3) is 0 Å². The van der Waals surface area contributed by atoms with E-state index >= 15 is 0 Å². The highest BCUT2D eigenvalue weighted by molar-refractivity contribution is 9.10. The molecule has 0 aromatic heterocycles. The van der Waals surface area contributed by atoms with Crippen LogP contribution in [0.1, 0.15) is 17.2 Å². The number of hydrogen-bond acceptors (Lipinski definition) is 1. The van der Waals surface area contributed by atoms with E-state index in [0.717, 1.165) is 10.0 Å². The van der Waals surface area contributed by atoms with E-state index in [9.17, 15) is 4.39 Å². The van der Waals surface area contributed by atoms with Gasteiger partial charge >= 0.3 is 0 Å². The first-order valence-electron chi connectivity index (χ1n) is 6.08. The van der Waals surface area contributed by atoms with Crippen molar-refractivity contribution in [3.05, 3.63) is 67.3 Å². The Labute approximate surface area is 139 Å². The fourth-order valence-electron chi connectivity index (χ4n) is 2.06. The van der Waals surface area contributed by atoms with E-state index in [1.54, 1.807) is 12.1 Å². The molecule has 0 radical (unpaired) electrons. The molecule has 2 aromatic rings. The highest BCUT2D eigenvalue weighted by Crippen LogP contribution is 2.29. The van der Waals surface area contributed by atoms with Gasteiger partial charge in [0, 0.05) is 21.1 Å². The van der Waals surface area contributed by atoms with E-state index in [4.69, 9.17) is 11.6 Å². The number of hydrogen-bond donors (Lipinski definition) is 1. The van der Waals surface area contributed by atoms with Crippen molar-refractivity contribution < 1.29 is 4.39 Å². The molecule has 1 N–H and O–H groups in total. The van der Waals surface area contributed by atoms with Gasteiger partial charge in [-0.25, -0.2) is 4.39 Å². The second-order valence-corrected chi connectivity index (χ2v) is 6.60. The van der Waals surface area contributed by atoms with Crippen molar-refractivity contribution in [1.29, 1.82) is 0 Å². The van der Waals surface area contributed by atoms with Crippen molar-refractivity contribution in [3.8, 4) is 0 Å². The molecule has 1 nitrogen and oxygen atoms in total. The monoisotopic (exact) mass is 419 g/mol. The van der Waals surface area contributed by atoms with Gasteiger partial charge in [0.15, 0.2) is 0 Å². The summed E-state index contributed by atoms with van der Waals surface area (Å²) in [7, 11) is 1.82. The van der Waals surface area contributed by atoms with Crippen LogP contribution in [0.15, 0.2) is 45.3 Å². The van der Waals surface area contributed by atoms with Crippen LogP contribution in [0, 0.1) is 5.82 Å². The molecule has 0 aliphatic carbocycles. The molecule has 0 saturated heterocycles. The molecule has 20 heavy (non-hydrogen) atoms. The molecule has 2 aromatic carbocycles. The van der Waals surface area contributed by atoms with E-state index in [1.807, 2.05) is 31.3 Å². The summed E-state index contributed by atoms with van der Waals surface area (Å²) in [6, 6.07) is 10.9. The number of nitrogens with one attached hydrogen (secondary N) is 1. The lowest BCUT2D eigenvalue weighted by Crippen LogP contribution is -2.20. The van der Waals surface area contributed by atoms with Gasteiger partial charge in [-0.05, 0) is 53.2 Å². The van der Waals surface area contributed by atoms with Crippen LogP contribution < -0.4 is 5.32 Å². The molecule has 0 heterocycles. The second kappa shape index (κ2) is 7.03. The predicted molar refractivity (Wildman–Crippen MR) is 88.8 cm³/mol.